The Hall–Kier alpha value is -2.76. The highest BCUT2D eigenvalue weighted by atomic mass is 79.9. The molecule has 1 aliphatic heterocycles. The van der Waals surface area contributed by atoms with Gasteiger partial charge in [-0.3, -0.25) is 4.79 Å². The summed E-state index contributed by atoms with van der Waals surface area (Å²) in [5.74, 6) is 0.944. The molecule has 170 valence electrons. The lowest BCUT2D eigenvalue weighted by Gasteiger charge is -2.38. The van der Waals surface area contributed by atoms with Crippen molar-refractivity contribution in [1.82, 2.24) is 4.90 Å². The van der Waals surface area contributed by atoms with E-state index in [1.807, 2.05) is 43.4 Å². The fourth-order valence-electron chi connectivity index (χ4n) is 4.36. The number of nitrogens with two attached hydrogens (primary N) is 1. The number of carbonyl (C=O) groups excluding carboxylic acids is 1. The molecule has 0 amide bonds. The molecule has 0 radical (unpaired) electrons. The smallest absolute Gasteiger partial charge is 0.162 e. The van der Waals surface area contributed by atoms with Crippen LogP contribution in [0.1, 0.15) is 36.3 Å². The molecule has 6 nitrogen and oxygen atoms in total. The van der Waals surface area contributed by atoms with Gasteiger partial charge in [-0.15, -0.1) is 0 Å². The average molecular weight is 573 g/mol. The maximum Gasteiger partial charge on any atom is 0.162 e. The summed E-state index contributed by atoms with van der Waals surface area (Å²) in [6.45, 7) is 0.369. The minimum absolute atomic E-state index is 0.0507. The third-order valence-corrected chi connectivity index (χ3v) is 7.29. The van der Waals surface area contributed by atoms with E-state index in [2.05, 4.69) is 37.9 Å². The van der Waals surface area contributed by atoms with Gasteiger partial charge in [0.15, 0.2) is 17.3 Å². The number of ketones is 1. The van der Waals surface area contributed by atoms with Crippen molar-refractivity contribution in [3.05, 3.63) is 79.1 Å². The highest BCUT2D eigenvalue weighted by molar-refractivity contribution is 9.10. The summed E-state index contributed by atoms with van der Waals surface area (Å²) >= 11 is 7.08. The van der Waals surface area contributed by atoms with Gasteiger partial charge in [-0.25, -0.2) is 0 Å². The maximum absolute atomic E-state index is 13.0. The number of rotatable bonds is 5. The predicted octanol–water partition coefficient (Wildman–Crippen LogP) is 5.53. The molecule has 1 aliphatic carbocycles. The van der Waals surface area contributed by atoms with Gasteiger partial charge in [0.2, 0.25) is 0 Å². The lowest BCUT2D eigenvalue weighted by atomic mass is 9.76. The van der Waals surface area contributed by atoms with Gasteiger partial charge in [-0.1, -0.05) is 44.0 Å². The summed E-state index contributed by atoms with van der Waals surface area (Å²) in [6, 6.07) is 13.8. The van der Waals surface area contributed by atoms with Gasteiger partial charge >= 0.3 is 0 Å². The molecule has 2 aliphatic rings. The largest absolute Gasteiger partial charge is 0.493 e. The Morgan fingerprint density at radius 1 is 1.18 bits per heavy atom. The highest BCUT2D eigenvalue weighted by Crippen LogP contribution is 2.48. The number of Topliss-reactive ketones (excluding diaryl/α,β-unsaturated/α-hetero) is 1. The summed E-state index contributed by atoms with van der Waals surface area (Å²) in [4.78, 5) is 14.8. The SMILES string of the molecule is COc1cc([C@H]2C(C#N)=C(N)N(C)C3=C2C(=O)CCC3)c(Br)cc1OCc1ccc(Br)cc1. The van der Waals surface area contributed by atoms with Gasteiger partial charge in [0.25, 0.3) is 0 Å². The lowest BCUT2D eigenvalue weighted by molar-refractivity contribution is -0.116. The Labute approximate surface area is 209 Å². The van der Waals surface area contributed by atoms with Crippen molar-refractivity contribution in [3.8, 4) is 17.6 Å². The molecule has 1 heterocycles. The van der Waals surface area contributed by atoms with Gasteiger partial charge in [-0.05, 0) is 48.2 Å². The lowest BCUT2D eigenvalue weighted by Crippen LogP contribution is -2.36. The molecule has 8 heteroatoms. The van der Waals surface area contributed by atoms with E-state index in [-0.39, 0.29) is 5.78 Å². The normalized spacial score (nSPS) is 18.2. The second-order valence-corrected chi connectivity index (χ2v) is 9.75. The molecule has 0 saturated carbocycles. The van der Waals surface area contributed by atoms with Crippen LogP contribution in [-0.2, 0) is 11.4 Å². The quantitative estimate of drug-likeness (QED) is 0.507. The third kappa shape index (κ3) is 4.40. The molecule has 0 fully saturated rings. The Morgan fingerprint density at radius 3 is 2.58 bits per heavy atom. The Morgan fingerprint density at radius 2 is 1.91 bits per heavy atom. The van der Waals surface area contributed by atoms with E-state index in [9.17, 15) is 10.1 Å². The second-order valence-electron chi connectivity index (χ2n) is 7.98. The molecule has 0 spiro atoms. The summed E-state index contributed by atoms with van der Waals surface area (Å²) in [7, 11) is 3.38. The maximum atomic E-state index is 13.0. The van der Waals surface area contributed by atoms with E-state index in [1.165, 1.54) is 0 Å². The number of ether oxygens (including phenoxy) is 2. The molecule has 33 heavy (non-hydrogen) atoms. The van der Waals surface area contributed by atoms with Gasteiger partial charge in [0.1, 0.15) is 12.4 Å². The number of benzene rings is 2. The minimum atomic E-state index is -0.558. The van der Waals surface area contributed by atoms with Crippen LogP contribution in [0.2, 0.25) is 0 Å². The number of methoxy groups -OCH3 is 1. The molecule has 0 bridgehead atoms. The Bertz CT molecular complexity index is 1210. The summed E-state index contributed by atoms with van der Waals surface area (Å²) < 4.78 is 13.4. The van der Waals surface area contributed by atoms with Gasteiger partial charge in [-0.2, -0.15) is 5.26 Å². The molecule has 0 aromatic heterocycles. The Kier molecular flexibility index (Phi) is 6.82. The van der Waals surface area contributed by atoms with Gasteiger partial charge in [0, 0.05) is 33.7 Å². The molecule has 0 saturated heterocycles. The molecular weight excluding hydrogens is 550 g/mol. The molecule has 1 atom stereocenters. The van der Waals surface area contributed by atoms with Crippen LogP contribution in [0.5, 0.6) is 11.5 Å². The fourth-order valence-corrected chi connectivity index (χ4v) is 5.18. The highest BCUT2D eigenvalue weighted by Gasteiger charge is 2.39. The van der Waals surface area contributed by atoms with E-state index in [1.54, 1.807) is 12.0 Å². The zero-order valence-electron chi connectivity index (χ0n) is 18.3. The van der Waals surface area contributed by atoms with E-state index in [4.69, 9.17) is 15.2 Å². The van der Waals surface area contributed by atoms with Crippen LogP contribution in [-0.4, -0.2) is 24.8 Å². The van der Waals surface area contributed by atoms with Crippen molar-refractivity contribution in [2.75, 3.05) is 14.2 Å². The van der Waals surface area contributed by atoms with E-state index in [0.29, 0.717) is 41.5 Å². The van der Waals surface area contributed by atoms with E-state index < -0.39 is 5.92 Å². The number of allylic oxidation sites excluding steroid dienone is 3. The zero-order chi connectivity index (χ0) is 23.7. The first kappa shape index (κ1) is 23.4. The fraction of sp³-hybridized carbons (Fsp3) is 0.280. The minimum Gasteiger partial charge on any atom is -0.493 e. The van der Waals surface area contributed by atoms with Crippen LogP contribution >= 0.6 is 31.9 Å². The van der Waals surface area contributed by atoms with Crippen molar-refractivity contribution in [3.63, 3.8) is 0 Å². The van der Waals surface area contributed by atoms with Crippen LogP contribution in [0.25, 0.3) is 0 Å². The van der Waals surface area contributed by atoms with Crippen molar-refractivity contribution in [2.45, 2.75) is 31.8 Å². The molecule has 0 unspecified atom stereocenters. The number of hydrogen-bond acceptors (Lipinski definition) is 6. The number of nitriles is 1. The summed E-state index contributed by atoms with van der Waals surface area (Å²) in [5, 5.41) is 9.97. The first-order chi connectivity index (χ1) is 15.8. The predicted molar refractivity (Wildman–Crippen MR) is 132 cm³/mol. The molecule has 2 aromatic carbocycles. The van der Waals surface area contributed by atoms with Gasteiger partial charge in [0.05, 0.1) is 24.7 Å². The number of hydrogen-bond donors (Lipinski definition) is 1. The molecular formula is C25H23Br2N3O3. The molecule has 2 aromatic rings. The van der Waals surface area contributed by atoms with Crippen LogP contribution in [0.3, 0.4) is 0 Å². The van der Waals surface area contributed by atoms with Crippen molar-refractivity contribution in [2.24, 2.45) is 5.73 Å². The first-order valence-electron chi connectivity index (χ1n) is 10.5. The Balaban J connectivity index is 1.76. The third-order valence-electron chi connectivity index (χ3n) is 6.07. The zero-order valence-corrected chi connectivity index (χ0v) is 21.5. The first-order valence-corrected chi connectivity index (χ1v) is 12.1. The monoisotopic (exact) mass is 571 g/mol. The van der Waals surface area contributed by atoms with Crippen molar-refractivity contribution >= 4 is 37.6 Å². The second kappa shape index (κ2) is 9.62. The molecule has 4 rings (SSSR count). The van der Waals surface area contributed by atoms with Crippen LogP contribution in [0.15, 0.2) is 68.0 Å². The summed E-state index contributed by atoms with van der Waals surface area (Å²) in [6.07, 6.45) is 1.98. The number of carbonyl (C=O) groups is 1. The standard InChI is InChI=1S/C25H23Br2N3O3/c1-30-19-4-3-5-20(31)24(19)23(17(12-28)25(30)29)16-10-21(32-2)22(11-18(16)27)33-13-14-6-8-15(26)9-7-14/h6-11,23H,3-5,13,29H2,1-2H3/t23-/m0/s1. The number of halogens is 2. The van der Waals surface area contributed by atoms with E-state index >= 15 is 0 Å². The molecule has 2 N–H and O–H groups in total. The van der Waals surface area contributed by atoms with E-state index in [0.717, 1.165) is 38.6 Å². The van der Waals surface area contributed by atoms with Gasteiger partial charge < -0.3 is 20.1 Å². The van der Waals surface area contributed by atoms with Crippen molar-refractivity contribution < 1.29 is 14.3 Å². The van der Waals surface area contributed by atoms with Crippen LogP contribution in [0, 0.1) is 11.3 Å². The van der Waals surface area contributed by atoms with Crippen molar-refractivity contribution in [1.29, 1.82) is 5.26 Å². The van der Waals surface area contributed by atoms with Crippen LogP contribution in [0.4, 0.5) is 0 Å². The topological polar surface area (TPSA) is 88.6 Å². The summed E-state index contributed by atoms with van der Waals surface area (Å²) in [5.41, 5.74) is 9.99. The van der Waals surface area contributed by atoms with Crippen LogP contribution < -0.4 is 15.2 Å². The number of nitrogens with zero attached hydrogens (tertiary/aromatic N) is 2. The average Bonchev–Trinajstić information content (AvgIpc) is 2.81.